The maximum Gasteiger partial charge on any atom is 0.330 e. The predicted octanol–water partition coefficient (Wildman–Crippen LogP) is 6.52. The summed E-state index contributed by atoms with van der Waals surface area (Å²) in [6.45, 7) is 10.9. The Bertz CT molecular complexity index is 2190. The number of H-pyrrole nitrogens is 1. The fourth-order valence-electron chi connectivity index (χ4n) is 8.15. The third-order valence-electron chi connectivity index (χ3n) is 10.9. The maximum atomic E-state index is 13.7. The number of aromatic nitrogens is 2. The first-order valence-electron chi connectivity index (χ1n) is 20.3. The fraction of sp³-hybridized carbons (Fsp3) is 0.467. The molecule has 326 valence electrons. The highest BCUT2D eigenvalue weighted by molar-refractivity contribution is 7.44. The highest BCUT2D eigenvalue weighted by Crippen LogP contribution is 2.59. The summed E-state index contributed by atoms with van der Waals surface area (Å²) in [6, 6.07) is 27.1. The van der Waals surface area contributed by atoms with Gasteiger partial charge in [-0.15, -0.1) is 0 Å². The molecule has 0 amide bonds. The van der Waals surface area contributed by atoms with Gasteiger partial charge in [0.25, 0.3) is 14.1 Å². The lowest BCUT2D eigenvalue weighted by Gasteiger charge is -2.43. The van der Waals surface area contributed by atoms with E-state index in [1.807, 2.05) is 107 Å². The second-order valence-electron chi connectivity index (χ2n) is 15.6. The molecule has 1 unspecified atom stereocenters. The second-order valence-corrected chi connectivity index (χ2v) is 17.0. The second kappa shape index (κ2) is 19.9. The molecular formula is C45H55N4O11P. The van der Waals surface area contributed by atoms with Crippen molar-refractivity contribution in [1.29, 1.82) is 5.26 Å². The van der Waals surface area contributed by atoms with Crippen LogP contribution in [0.1, 0.15) is 75.9 Å². The summed E-state index contributed by atoms with van der Waals surface area (Å²) in [7, 11) is 1.28. The summed E-state index contributed by atoms with van der Waals surface area (Å²) in [5.74, 6) is 0.826. The summed E-state index contributed by atoms with van der Waals surface area (Å²) >= 11 is 0. The van der Waals surface area contributed by atoms with E-state index in [2.05, 4.69) is 15.7 Å². The number of rotatable bonds is 19. The van der Waals surface area contributed by atoms with Gasteiger partial charge in [-0.05, 0) is 75.6 Å². The van der Waals surface area contributed by atoms with Gasteiger partial charge in [-0.2, -0.15) is 5.26 Å². The lowest BCUT2D eigenvalue weighted by molar-refractivity contribution is -0.148. The van der Waals surface area contributed by atoms with Crippen LogP contribution in [0.15, 0.2) is 94.6 Å². The molecule has 2 saturated heterocycles. The molecule has 0 spiro atoms. The molecule has 3 heterocycles. The van der Waals surface area contributed by atoms with E-state index in [4.69, 9.17) is 37.5 Å². The monoisotopic (exact) mass is 858 g/mol. The van der Waals surface area contributed by atoms with Crippen LogP contribution >= 0.6 is 8.53 Å². The van der Waals surface area contributed by atoms with E-state index in [1.165, 1.54) is 17.7 Å². The summed E-state index contributed by atoms with van der Waals surface area (Å²) in [5, 5.41) is 9.52. The number of aromatic amines is 1. The van der Waals surface area contributed by atoms with Crippen LogP contribution in [0.25, 0.3) is 0 Å². The van der Waals surface area contributed by atoms with Gasteiger partial charge in [0.2, 0.25) is 0 Å². The third-order valence-corrected chi connectivity index (χ3v) is 13.1. The number of benzene rings is 3. The van der Waals surface area contributed by atoms with Crippen molar-refractivity contribution >= 4 is 14.5 Å². The number of methoxy groups -OCH3 is 2. The number of nitriles is 1. The molecule has 0 bridgehead atoms. The van der Waals surface area contributed by atoms with Gasteiger partial charge in [0.1, 0.15) is 41.5 Å². The van der Waals surface area contributed by atoms with Crippen LogP contribution in [0.2, 0.25) is 0 Å². The van der Waals surface area contributed by atoms with Crippen LogP contribution in [0.5, 0.6) is 11.5 Å². The molecule has 0 aliphatic carbocycles. The van der Waals surface area contributed by atoms with Crippen molar-refractivity contribution < 1.29 is 42.3 Å². The van der Waals surface area contributed by atoms with Gasteiger partial charge >= 0.3 is 11.7 Å². The van der Waals surface area contributed by atoms with Crippen molar-refractivity contribution in [3.63, 3.8) is 0 Å². The molecule has 2 aliphatic heterocycles. The highest BCUT2D eigenvalue weighted by Gasteiger charge is 2.66. The summed E-state index contributed by atoms with van der Waals surface area (Å²) < 4.78 is 55.0. The number of fused-ring (bicyclic) bond motifs is 1. The normalized spacial score (nSPS) is 21.7. The van der Waals surface area contributed by atoms with Crippen molar-refractivity contribution in [2.45, 2.75) is 102 Å². The van der Waals surface area contributed by atoms with E-state index in [0.717, 1.165) is 16.7 Å². The zero-order valence-corrected chi connectivity index (χ0v) is 36.8. The number of nitrogens with zero attached hydrogens (tertiary/aromatic N) is 3. The average molecular weight is 859 g/mol. The molecule has 16 heteroatoms. The van der Waals surface area contributed by atoms with Gasteiger partial charge in [0, 0.05) is 37.2 Å². The molecular weight excluding hydrogens is 803 g/mol. The van der Waals surface area contributed by atoms with Gasteiger partial charge in [0.05, 0.1) is 46.0 Å². The average Bonchev–Trinajstić information content (AvgIpc) is 3.75. The number of nitrogens with one attached hydrogen (secondary N) is 1. The Balaban J connectivity index is 1.56. The molecule has 6 rings (SSSR count). The Morgan fingerprint density at radius 2 is 1.52 bits per heavy atom. The number of carbonyl (C=O) groups excluding carboxylic acids is 1. The van der Waals surface area contributed by atoms with E-state index < -0.39 is 61.5 Å². The molecule has 1 N–H and O–H groups in total. The summed E-state index contributed by atoms with van der Waals surface area (Å²) in [5.41, 5.74) is -1.29. The molecule has 61 heavy (non-hydrogen) atoms. The van der Waals surface area contributed by atoms with Crippen LogP contribution in [0.4, 0.5) is 0 Å². The van der Waals surface area contributed by atoms with Crippen molar-refractivity contribution in [2.75, 3.05) is 34.0 Å². The fourth-order valence-corrected chi connectivity index (χ4v) is 10.0. The largest absolute Gasteiger partial charge is 0.497 e. The SMILES string of the molecule is COc1ccc(C(OC[C@H]2O[C@@H](n3cc(C)c(=O)[nH]c3=O)[C@H]3O[C@@H](COC(C)=O)C[C@]32OP(OCCC#N)N(C(C)C)C(C)C)(c2ccccc2)c2ccc(OC)cc2)cc1. The zero-order chi connectivity index (χ0) is 43.9. The minimum atomic E-state index is -1.94. The topological polar surface area (TPSA) is 173 Å². The molecule has 4 aromatic rings. The number of aryl methyl sites for hydroxylation is 1. The van der Waals surface area contributed by atoms with Crippen LogP contribution in [0.3, 0.4) is 0 Å². The Hall–Kier alpha value is -4.91. The number of hydrogen-bond donors (Lipinski definition) is 1. The van der Waals surface area contributed by atoms with Crippen molar-refractivity contribution in [2.24, 2.45) is 0 Å². The van der Waals surface area contributed by atoms with Crippen molar-refractivity contribution in [1.82, 2.24) is 14.2 Å². The highest BCUT2D eigenvalue weighted by atomic mass is 31.2. The Morgan fingerprint density at radius 1 is 0.934 bits per heavy atom. The molecule has 0 saturated carbocycles. The van der Waals surface area contributed by atoms with Crippen LogP contribution in [0, 0.1) is 18.3 Å². The molecule has 2 aliphatic rings. The Morgan fingerprint density at radius 3 is 2.07 bits per heavy atom. The van der Waals surface area contributed by atoms with Gasteiger partial charge in [0.15, 0.2) is 6.23 Å². The lowest BCUT2D eigenvalue weighted by atomic mass is 9.79. The van der Waals surface area contributed by atoms with E-state index in [0.29, 0.717) is 11.5 Å². The lowest BCUT2D eigenvalue weighted by Crippen LogP contribution is -2.51. The first kappa shape index (κ1) is 45.6. The first-order valence-corrected chi connectivity index (χ1v) is 21.4. The number of esters is 1. The molecule has 1 aromatic heterocycles. The molecule has 2 fully saturated rings. The van der Waals surface area contributed by atoms with Crippen molar-refractivity contribution in [3.05, 3.63) is 128 Å². The van der Waals surface area contributed by atoms with Crippen LogP contribution in [-0.4, -0.2) is 90.2 Å². The number of ether oxygens (including phenoxy) is 6. The standard InChI is InChI=1S/C45H55N4O11P/c1-29(2)49(30(3)4)61(57-24-12-23-46)60-44-25-38(27-55-32(6)50)58-40(44)42(48-26-31(5)41(51)47-43(48)52)59-39(44)28-56-45(33-13-10-9-11-14-33,34-15-19-36(53-7)20-16-34)35-17-21-37(54-8)22-18-35/h9-11,13-22,26,29-30,38-40,42H,12,24-25,27-28H2,1-8H3,(H,47,51,52)/t38-,39-,40-,42-,44-,61?/m1/s1. The van der Waals surface area contributed by atoms with Crippen LogP contribution < -0.4 is 20.7 Å². The minimum Gasteiger partial charge on any atom is -0.497 e. The van der Waals surface area contributed by atoms with Gasteiger partial charge < -0.3 is 37.5 Å². The predicted molar refractivity (Wildman–Crippen MR) is 227 cm³/mol. The summed E-state index contributed by atoms with van der Waals surface area (Å²) in [6.07, 6.45) is -2.14. The smallest absolute Gasteiger partial charge is 0.330 e. The van der Waals surface area contributed by atoms with Crippen molar-refractivity contribution in [3.8, 4) is 17.6 Å². The molecule has 6 atom stereocenters. The quantitative estimate of drug-likeness (QED) is 0.0468. The van der Waals surface area contributed by atoms with Crippen LogP contribution in [-0.2, 0) is 38.4 Å². The maximum absolute atomic E-state index is 13.7. The van der Waals surface area contributed by atoms with E-state index >= 15 is 0 Å². The first-order chi connectivity index (χ1) is 29.3. The van der Waals surface area contributed by atoms with E-state index in [1.54, 1.807) is 21.1 Å². The van der Waals surface area contributed by atoms with E-state index in [9.17, 15) is 19.6 Å². The van der Waals surface area contributed by atoms with Gasteiger partial charge in [-0.25, -0.2) is 9.46 Å². The third kappa shape index (κ3) is 9.61. The summed E-state index contributed by atoms with van der Waals surface area (Å²) in [4.78, 5) is 40.9. The van der Waals surface area contributed by atoms with Gasteiger partial charge in [-0.1, -0.05) is 54.6 Å². The molecule has 15 nitrogen and oxygen atoms in total. The van der Waals surface area contributed by atoms with Gasteiger partial charge in [-0.3, -0.25) is 19.1 Å². The number of hydrogen-bond acceptors (Lipinski definition) is 13. The minimum absolute atomic E-state index is 0.0598. The Kier molecular flexibility index (Phi) is 14.8. The number of carbonyl (C=O) groups is 1. The zero-order valence-electron chi connectivity index (χ0n) is 35.9. The molecule has 3 aromatic carbocycles. The molecule has 0 radical (unpaired) electrons. The Labute approximate surface area is 357 Å². The van der Waals surface area contributed by atoms with E-state index in [-0.39, 0.29) is 50.3 Å².